The predicted molar refractivity (Wildman–Crippen MR) is 119 cm³/mol. The number of nitrogens with one attached hydrogen (secondary N) is 1. The first-order chi connectivity index (χ1) is 15.8. The van der Waals surface area contributed by atoms with Gasteiger partial charge in [0.15, 0.2) is 10.8 Å². The number of anilines is 1. The highest BCUT2D eigenvalue weighted by molar-refractivity contribution is 8.01. The second-order valence-electron chi connectivity index (χ2n) is 6.69. The molecule has 2 amide bonds. The van der Waals surface area contributed by atoms with E-state index in [1.165, 1.54) is 40.2 Å². The van der Waals surface area contributed by atoms with Gasteiger partial charge >= 0.3 is 5.97 Å². The zero-order chi connectivity index (χ0) is 23.7. The molecule has 17 heteroatoms. The van der Waals surface area contributed by atoms with Crippen molar-refractivity contribution in [2.24, 2.45) is 12.2 Å². The molecule has 1 fully saturated rings. The Morgan fingerprint density at radius 1 is 1.48 bits per heavy atom. The summed E-state index contributed by atoms with van der Waals surface area (Å²) < 4.78 is 1.47. The van der Waals surface area contributed by atoms with E-state index in [2.05, 4.69) is 31.0 Å². The summed E-state index contributed by atoms with van der Waals surface area (Å²) in [7, 11) is 2.95. The number of aromatic nitrogens is 5. The third-order valence-electron chi connectivity index (χ3n) is 4.66. The molecule has 2 aliphatic rings. The molecule has 2 aliphatic heterocycles. The SMILES string of the molecule is CON=C(C(=O)NC1C(=O)N2C(C(=O)O)=C(CSc3nnnn3C)CS[C@H]12)c1csc(N)n1. The van der Waals surface area contributed by atoms with Gasteiger partial charge in [0.05, 0.1) is 0 Å². The maximum absolute atomic E-state index is 12.9. The van der Waals surface area contributed by atoms with E-state index in [9.17, 15) is 19.5 Å². The van der Waals surface area contributed by atoms with Crippen LogP contribution in [-0.2, 0) is 26.3 Å². The maximum Gasteiger partial charge on any atom is 0.352 e. The smallest absolute Gasteiger partial charge is 0.352 e. The van der Waals surface area contributed by atoms with Gasteiger partial charge in [0.1, 0.15) is 29.9 Å². The summed E-state index contributed by atoms with van der Waals surface area (Å²) in [5.41, 5.74) is 6.17. The molecular weight excluding hydrogens is 494 g/mol. The van der Waals surface area contributed by atoms with Gasteiger partial charge in [0.25, 0.3) is 11.8 Å². The summed E-state index contributed by atoms with van der Waals surface area (Å²) >= 11 is 3.75. The standard InChI is InChI=1S/C16H17N9O5S3/c1-24-16(20-22-23-24)33-4-6-3-31-13-9(12(27)25(13)10(6)14(28)29)19-11(26)8(21-30-2)7-5-32-15(17)18-7/h5,9,13H,3-4H2,1-2H3,(H2,17,18)(H,19,26)(H,28,29)/t9?,13-/m1/s1. The molecule has 2 aromatic heterocycles. The predicted octanol–water partition coefficient (Wildman–Crippen LogP) is -0.870. The molecular formula is C16H17N9O5S3. The summed E-state index contributed by atoms with van der Waals surface area (Å²) in [6.45, 7) is 0. The van der Waals surface area contributed by atoms with Gasteiger partial charge < -0.3 is 21.0 Å². The van der Waals surface area contributed by atoms with E-state index in [1.54, 1.807) is 12.4 Å². The highest BCUT2D eigenvalue weighted by atomic mass is 32.2. The Kier molecular flexibility index (Phi) is 6.52. The number of rotatable bonds is 8. The third-order valence-corrected chi connectivity index (χ3v) is 7.77. The Morgan fingerprint density at radius 2 is 2.27 bits per heavy atom. The van der Waals surface area contributed by atoms with E-state index in [-0.39, 0.29) is 22.2 Å². The van der Waals surface area contributed by atoms with Crippen molar-refractivity contribution in [3.63, 3.8) is 0 Å². The first-order valence-corrected chi connectivity index (χ1v) is 12.1. The van der Waals surface area contributed by atoms with Crippen LogP contribution in [0.3, 0.4) is 0 Å². The number of nitrogens with zero attached hydrogens (tertiary/aromatic N) is 7. The first-order valence-electron chi connectivity index (χ1n) is 9.20. The van der Waals surface area contributed by atoms with Crippen molar-refractivity contribution in [2.75, 3.05) is 24.3 Å². The number of aliphatic carboxylic acids is 1. The molecule has 4 heterocycles. The minimum absolute atomic E-state index is 0.0880. The Hall–Kier alpha value is -3.18. The molecule has 174 valence electrons. The zero-order valence-corrected chi connectivity index (χ0v) is 19.6. The number of nitrogen functional groups attached to an aromatic ring is 1. The lowest BCUT2D eigenvalue weighted by Gasteiger charge is -2.49. The normalized spacial score (nSPS) is 20.4. The van der Waals surface area contributed by atoms with Crippen LogP contribution in [0, 0.1) is 0 Å². The third kappa shape index (κ3) is 4.38. The van der Waals surface area contributed by atoms with Crippen LogP contribution in [0.2, 0.25) is 0 Å². The molecule has 0 spiro atoms. The van der Waals surface area contributed by atoms with Crippen LogP contribution in [0.5, 0.6) is 0 Å². The number of carboxylic acids is 1. The fourth-order valence-corrected chi connectivity index (χ4v) is 6.07. The lowest BCUT2D eigenvalue weighted by Crippen LogP contribution is -2.71. The molecule has 2 atom stereocenters. The highest BCUT2D eigenvalue weighted by Crippen LogP contribution is 2.41. The zero-order valence-electron chi connectivity index (χ0n) is 17.2. The number of amides is 2. The molecule has 0 bridgehead atoms. The molecule has 0 aliphatic carbocycles. The van der Waals surface area contributed by atoms with E-state index in [4.69, 9.17) is 10.6 Å². The summed E-state index contributed by atoms with van der Waals surface area (Å²) in [5, 5.41) is 29.0. The van der Waals surface area contributed by atoms with Crippen molar-refractivity contribution in [3.05, 3.63) is 22.3 Å². The van der Waals surface area contributed by atoms with Gasteiger partial charge in [0.2, 0.25) is 5.16 Å². The number of nitrogens with two attached hydrogens (primary N) is 1. The van der Waals surface area contributed by atoms with E-state index in [1.807, 2.05) is 0 Å². The van der Waals surface area contributed by atoms with Crippen LogP contribution in [0.15, 0.2) is 27.0 Å². The van der Waals surface area contributed by atoms with E-state index in [0.29, 0.717) is 22.2 Å². The highest BCUT2D eigenvalue weighted by Gasteiger charge is 2.54. The number of fused-ring (bicyclic) bond motifs is 1. The van der Waals surface area contributed by atoms with Crippen molar-refractivity contribution in [2.45, 2.75) is 16.6 Å². The van der Waals surface area contributed by atoms with Gasteiger partial charge in [-0.15, -0.1) is 28.2 Å². The number of β-lactam (4-membered cyclic amide) rings is 1. The quantitative estimate of drug-likeness (QED) is 0.172. The molecule has 0 radical (unpaired) electrons. The van der Waals surface area contributed by atoms with Crippen LogP contribution >= 0.6 is 34.9 Å². The van der Waals surface area contributed by atoms with Crippen LogP contribution in [0.25, 0.3) is 0 Å². The molecule has 0 aromatic carbocycles. The van der Waals surface area contributed by atoms with Crippen molar-refractivity contribution in [3.8, 4) is 0 Å². The van der Waals surface area contributed by atoms with Crippen LogP contribution < -0.4 is 11.1 Å². The number of thiazole rings is 1. The molecule has 4 rings (SSSR count). The van der Waals surface area contributed by atoms with Gasteiger partial charge in [-0.25, -0.2) is 14.5 Å². The Bertz CT molecular complexity index is 1180. The minimum atomic E-state index is -1.22. The van der Waals surface area contributed by atoms with Crippen molar-refractivity contribution in [1.82, 2.24) is 35.4 Å². The average Bonchev–Trinajstić information content (AvgIpc) is 3.40. The van der Waals surface area contributed by atoms with Gasteiger partial charge in [-0.2, -0.15) is 0 Å². The second kappa shape index (κ2) is 9.36. The van der Waals surface area contributed by atoms with E-state index < -0.39 is 29.2 Å². The van der Waals surface area contributed by atoms with Crippen molar-refractivity contribution < 1.29 is 24.3 Å². The molecule has 1 saturated heterocycles. The molecule has 33 heavy (non-hydrogen) atoms. The second-order valence-corrected chi connectivity index (χ2v) is 9.62. The first kappa shape index (κ1) is 23.0. The maximum atomic E-state index is 12.9. The Labute approximate surface area is 198 Å². The van der Waals surface area contributed by atoms with Crippen LogP contribution in [0.1, 0.15) is 5.69 Å². The number of hydrogen-bond donors (Lipinski definition) is 3. The monoisotopic (exact) mass is 511 g/mol. The molecule has 14 nitrogen and oxygen atoms in total. The summed E-state index contributed by atoms with van der Waals surface area (Å²) in [6.07, 6.45) is 0. The number of hydrogen-bond acceptors (Lipinski definition) is 13. The van der Waals surface area contributed by atoms with Crippen molar-refractivity contribution >= 4 is 63.5 Å². The van der Waals surface area contributed by atoms with Gasteiger partial charge in [-0.1, -0.05) is 16.9 Å². The summed E-state index contributed by atoms with van der Waals surface area (Å²) in [5.74, 6) is -1.77. The largest absolute Gasteiger partial charge is 0.477 e. The lowest BCUT2D eigenvalue weighted by atomic mass is 10.0. The number of thioether (sulfide) groups is 2. The summed E-state index contributed by atoms with van der Waals surface area (Å²) in [4.78, 5) is 47.6. The van der Waals surface area contributed by atoms with E-state index in [0.717, 1.165) is 11.3 Å². The molecule has 0 saturated carbocycles. The number of oxime groups is 1. The minimum Gasteiger partial charge on any atom is -0.477 e. The molecule has 4 N–H and O–H groups in total. The van der Waals surface area contributed by atoms with Gasteiger partial charge in [-0.05, 0) is 16.0 Å². The van der Waals surface area contributed by atoms with Gasteiger partial charge in [0, 0.05) is 23.9 Å². The number of carbonyl (C=O) groups is 3. The number of carbonyl (C=O) groups excluding carboxylic acids is 2. The average molecular weight is 512 g/mol. The van der Waals surface area contributed by atoms with E-state index >= 15 is 0 Å². The lowest BCUT2D eigenvalue weighted by molar-refractivity contribution is -0.150. The fraction of sp³-hybridized carbons (Fsp3) is 0.375. The van der Waals surface area contributed by atoms with Crippen molar-refractivity contribution in [1.29, 1.82) is 0 Å². The Morgan fingerprint density at radius 3 is 2.88 bits per heavy atom. The van der Waals surface area contributed by atoms with Gasteiger partial charge in [-0.3, -0.25) is 14.5 Å². The fourth-order valence-electron chi connectivity index (χ4n) is 3.19. The number of carboxylic acid groups (broad SMARTS) is 1. The number of aryl methyl sites for hydroxylation is 1. The molecule has 1 unspecified atom stereocenters. The Balaban J connectivity index is 1.49. The van der Waals surface area contributed by atoms with Crippen LogP contribution in [0.4, 0.5) is 5.13 Å². The van der Waals surface area contributed by atoms with Crippen LogP contribution in [-0.4, -0.2) is 88.7 Å². The summed E-state index contributed by atoms with van der Waals surface area (Å²) in [6, 6.07) is -0.924. The topological polar surface area (TPSA) is 191 Å². The number of tetrazole rings is 1. The molecule has 2 aromatic rings.